The van der Waals surface area contributed by atoms with Crippen molar-refractivity contribution in [3.8, 4) is 6.07 Å². The molecular weight excluding hydrogens is 407 g/mol. The summed E-state index contributed by atoms with van der Waals surface area (Å²) in [5.41, 5.74) is 3.19. The molecular formula is C24H23FN6O. The van der Waals surface area contributed by atoms with Gasteiger partial charge in [-0.05, 0) is 49.1 Å². The van der Waals surface area contributed by atoms with Gasteiger partial charge in [-0.2, -0.15) is 5.26 Å². The number of halogens is 1. The van der Waals surface area contributed by atoms with Crippen molar-refractivity contribution in [3.05, 3.63) is 63.3 Å². The first-order valence-electron chi connectivity index (χ1n) is 11.1. The van der Waals surface area contributed by atoms with Gasteiger partial charge in [-0.3, -0.25) is 9.69 Å². The number of rotatable bonds is 3. The van der Waals surface area contributed by atoms with E-state index < -0.39 is 0 Å². The van der Waals surface area contributed by atoms with Crippen molar-refractivity contribution in [2.75, 3.05) is 29.9 Å². The normalized spacial score (nSPS) is 22.1. The Hall–Kier alpha value is -3.44. The fourth-order valence-corrected chi connectivity index (χ4v) is 5.56. The number of H-pyrrole nitrogens is 1. The molecule has 3 aromatic rings. The number of hydrogen-bond acceptors (Lipinski definition) is 6. The molecule has 1 unspecified atom stereocenters. The Bertz CT molecular complexity index is 1310. The molecule has 162 valence electrons. The SMILES string of the molecule is N#Cc1ccc(N2CC3C[C@H]2CN3Cc2cc(F)c3c4c(c(=O)[nH]c3c2)CCCN4)nc1. The molecule has 3 aliphatic rings. The molecule has 2 aromatic heterocycles. The lowest BCUT2D eigenvalue weighted by atomic mass is 10.00. The van der Waals surface area contributed by atoms with Crippen LogP contribution in [0.3, 0.4) is 0 Å². The fourth-order valence-electron chi connectivity index (χ4n) is 5.56. The van der Waals surface area contributed by atoms with Crippen LogP contribution in [0.1, 0.15) is 29.5 Å². The lowest BCUT2D eigenvalue weighted by molar-refractivity contribution is 0.230. The zero-order chi connectivity index (χ0) is 21.8. The highest BCUT2D eigenvalue weighted by atomic mass is 19.1. The van der Waals surface area contributed by atoms with Crippen LogP contribution in [-0.4, -0.2) is 46.6 Å². The molecule has 5 heterocycles. The van der Waals surface area contributed by atoms with Crippen LogP contribution in [0.5, 0.6) is 0 Å². The maximum atomic E-state index is 15.2. The Morgan fingerprint density at radius 1 is 1.25 bits per heavy atom. The number of hydrogen-bond donors (Lipinski definition) is 2. The number of aromatic amines is 1. The van der Waals surface area contributed by atoms with Gasteiger partial charge in [0, 0.05) is 50.0 Å². The second kappa shape index (κ2) is 7.31. The molecule has 2 N–H and O–H groups in total. The zero-order valence-electron chi connectivity index (χ0n) is 17.6. The Balaban J connectivity index is 1.23. The predicted molar refractivity (Wildman–Crippen MR) is 120 cm³/mol. The highest BCUT2D eigenvalue weighted by Gasteiger charge is 2.43. The second-order valence-electron chi connectivity index (χ2n) is 8.98. The molecule has 0 spiro atoms. The van der Waals surface area contributed by atoms with E-state index in [-0.39, 0.29) is 11.4 Å². The molecule has 2 fully saturated rings. The van der Waals surface area contributed by atoms with Crippen LogP contribution in [0.2, 0.25) is 0 Å². The number of pyridine rings is 2. The number of aromatic nitrogens is 2. The largest absolute Gasteiger partial charge is 0.384 e. The van der Waals surface area contributed by atoms with E-state index in [1.54, 1.807) is 18.3 Å². The van der Waals surface area contributed by atoms with Crippen LogP contribution in [-0.2, 0) is 13.0 Å². The minimum atomic E-state index is -0.285. The molecule has 0 saturated carbocycles. The van der Waals surface area contributed by atoms with Gasteiger partial charge in [0.2, 0.25) is 0 Å². The van der Waals surface area contributed by atoms with Gasteiger partial charge >= 0.3 is 0 Å². The summed E-state index contributed by atoms with van der Waals surface area (Å²) in [7, 11) is 0. The summed E-state index contributed by atoms with van der Waals surface area (Å²) in [5, 5.41) is 12.7. The summed E-state index contributed by atoms with van der Waals surface area (Å²) in [6.45, 7) is 3.16. The smallest absolute Gasteiger partial charge is 0.253 e. The van der Waals surface area contributed by atoms with Crippen molar-refractivity contribution in [2.24, 2.45) is 0 Å². The number of fused-ring (bicyclic) bond motifs is 5. The predicted octanol–water partition coefficient (Wildman–Crippen LogP) is 2.76. The first-order chi connectivity index (χ1) is 15.6. The van der Waals surface area contributed by atoms with Crippen LogP contribution in [0.25, 0.3) is 10.9 Å². The number of nitriles is 1. The number of benzene rings is 1. The lowest BCUT2D eigenvalue weighted by Crippen LogP contribution is -2.46. The highest BCUT2D eigenvalue weighted by Crippen LogP contribution is 2.36. The van der Waals surface area contributed by atoms with E-state index in [1.165, 1.54) is 0 Å². The van der Waals surface area contributed by atoms with Crippen molar-refractivity contribution in [2.45, 2.75) is 37.9 Å². The van der Waals surface area contributed by atoms with Crippen LogP contribution in [0.15, 0.2) is 35.3 Å². The molecule has 1 aromatic carbocycles. The summed E-state index contributed by atoms with van der Waals surface area (Å²) < 4.78 is 15.2. The van der Waals surface area contributed by atoms with E-state index in [0.29, 0.717) is 52.8 Å². The number of nitrogens with one attached hydrogen (secondary N) is 2. The van der Waals surface area contributed by atoms with E-state index in [4.69, 9.17) is 5.26 Å². The van der Waals surface area contributed by atoms with Crippen LogP contribution in [0.4, 0.5) is 15.9 Å². The molecule has 32 heavy (non-hydrogen) atoms. The van der Waals surface area contributed by atoms with E-state index >= 15 is 4.39 Å². The van der Waals surface area contributed by atoms with E-state index in [1.807, 2.05) is 12.1 Å². The number of likely N-dealkylation sites (tertiary alicyclic amines) is 1. The molecule has 0 amide bonds. The average molecular weight is 430 g/mol. The van der Waals surface area contributed by atoms with E-state index in [9.17, 15) is 4.79 Å². The first-order valence-corrected chi connectivity index (χ1v) is 11.1. The maximum absolute atomic E-state index is 15.2. The van der Waals surface area contributed by atoms with Gasteiger partial charge in [0.1, 0.15) is 17.7 Å². The Labute approximate surface area is 184 Å². The van der Waals surface area contributed by atoms with Crippen molar-refractivity contribution < 1.29 is 4.39 Å². The highest BCUT2D eigenvalue weighted by molar-refractivity contribution is 5.94. The van der Waals surface area contributed by atoms with E-state index in [0.717, 1.165) is 43.9 Å². The summed E-state index contributed by atoms with van der Waals surface area (Å²) in [5.74, 6) is 0.620. The molecule has 2 saturated heterocycles. The van der Waals surface area contributed by atoms with Gasteiger partial charge in [-0.15, -0.1) is 0 Å². The third-order valence-electron chi connectivity index (χ3n) is 7.04. The molecule has 6 rings (SSSR count). The minimum Gasteiger partial charge on any atom is -0.384 e. The molecule has 0 aliphatic carbocycles. The Morgan fingerprint density at radius 3 is 2.91 bits per heavy atom. The average Bonchev–Trinajstić information content (AvgIpc) is 3.39. The third kappa shape index (κ3) is 3.04. The third-order valence-corrected chi connectivity index (χ3v) is 7.04. The lowest BCUT2D eigenvalue weighted by Gasteiger charge is -2.35. The van der Waals surface area contributed by atoms with Crippen molar-refractivity contribution in [1.82, 2.24) is 14.9 Å². The van der Waals surface area contributed by atoms with Crippen LogP contribution in [0, 0.1) is 17.1 Å². The van der Waals surface area contributed by atoms with Gasteiger partial charge < -0.3 is 15.2 Å². The van der Waals surface area contributed by atoms with Gasteiger partial charge in [0.05, 0.1) is 22.2 Å². The van der Waals surface area contributed by atoms with Gasteiger partial charge in [-0.1, -0.05) is 0 Å². The Kier molecular flexibility index (Phi) is 4.40. The van der Waals surface area contributed by atoms with Crippen LogP contribution < -0.4 is 15.8 Å². The van der Waals surface area contributed by atoms with E-state index in [2.05, 4.69) is 31.2 Å². The Morgan fingerprint density at radius 2 is 2.16 bits per heavy atom. The quantitative estimate of drug-likeness (QED) is 0.664. The second-order valence-corrected chi connectivity index (χ2v) is 8.98. The van der Waals surface area contributed by atoms with Crippen molar-refractivity contribution in [1.29, 1.82) is 5.26 Å². The minimum absolute atomic E-state index is 0.123. The molecule has 8 heteroatoms. The summed E-state index contributed by atoms with van der Waals surface area (Å²) in [4.78, 5) is 24.5. The topological polar surface area (TPSA) is 88.0 Å². The van der Waals surface area contributed by atoms with Crippen molar-refractivity contribution >= 4 is 22.4 Å². The van der Waals surface area contributed by atoms with Crippen LogP contribution >= 0.6 is 0 Å². The molecule has 2 bridgehead atoms. The zero-order valence-corrected chi connectivity index (χ0v) is 17.6. The molecule has 0 radical (unpaired) electrons. The first kappa shape index (κ1) is 19.3. The van der Waals surface area contributed by atoms with Crippen molar-refractivity contribution in [3.63, 3.8) is 0 Å². The standard InChI is InChI=1S/C24H23FN6O/c25-19-6-15(7-20-22(19)23-18(24(32)29-20)2-1-5-27-23)11-30-12-17-8-16(30)13-31(17)21-4-3-14(9-26)10-28-21/h3-4,6-7,10,16-17,27H,1-2,5,8,11-13H2,(H,29,32)/t16?,17-/m0/s1. The van der Waals surface area contributed by atoms with Gasteiger partial charge in [0.15, 0.2) is 0 Å². The summed E-state index contributed by atoms with van der Waals surface area (Å²) in [6.07, 6.45) is 4.22. The maximum Gasteiger partial charge on any atom is 0.253 e. The number of anilines is 2. The summed E-state index contributed by atoms with van der Waals surface area (Å²) in [6, 6.07) is 10.1. The monoisotopic (exact) mass is 430 g/mol. The fraction of sp³-hybridized carbons (Fsp3) is 0.375. The number of piperazine rings is 1. The molecule has 7 nitrogen and oxygen atoms in total. The number of nitrogens with zero attached hydrogens (tertiary/aromatic N) is 4. The molecule has 2 atom stereocenters. The molecule has 3 aliphatic heterocycles. The van der Waals surface area contributed by atoms with Gasteiger partial charge in [0.25, 0.3) is 5.56 Å². The summed E-state index contributed by atoms with van der Waals surface area (Å²) >= 11 is 0. The van der Waals surface area contributed by atoms with Gasteiger partial charge in [-0.25, -0.2) is 9.37 Å².